The van der Waals surface area contributed by atoms with Crippen LogP contribution < -0.4 is 11.5 Å². The van der Waals surface area contributed by atoms with Gasteiger partial charge < -0.3 is 20.8 Å². The normalized spacial score (nSPS) is 14.1. The highest BCUT2D eigenvalue weighted by molar-refractivity contribution is 6.26. The minimum absolute atomic E-state index is 0.296. The third-order valence-electron chi connectivity index (χ3n) is 2.46. The molecule has 0 saturated heterocycles. The number of rotatable bonds is 8. The maximum atomic E-state index is 11.4. The Morgan fingerprint density at radius 1 is 0.895 bits per heavy atom. The highest BCUT2D eigenvalue weighted by Gasteiger charge is 2.20. The first-order valence-corrected chi connectivity index (χ1v) is 6.58. The molecular weight excluding hydrogens is 247 g/mol. The second-order valence-electron chi connectivity index (χ2n) is 5.52. The molecule has 0 aliphatic carbocycles. The molecule has 0 aromatic heterocycles. The lowest BCUT2D eigenvalue weighted by atomic mass is 10.0. The van der Waals surface area contributed by atoms with Gasteiger partial charge in [0.2, 0.25) is 0 Å². The van der Waals surface area contributed by atoms with Gasteiger partial charge in [0.1, 0.15) is 12.1 Å². The zero-order valence-corrected chi connectivity index (χ0v) is 12.2. The van der Waals surface area contributed by atoms with Crippen LogP contribution in [-0.4, -0.2) is 31.7 Å². The zero-order valence-electron chi connectivity index (χ0n) is 12.2. The molecule has 0 aliphatic heterocycles. The Kier molecular flexibility index (Phi) is 8.42. The molecule has 0 aromatic rings. The summed E-state index contributed by atoms with van der Waals surface area (Å²) in [6, 6.07) is -1.38. The standard InChI is InChI=1S/C12H25BN2O4/c1-7(2)5-9(14)11(16)18-13-19-12(17)10(15)6-8(3)4/h7-10,13H,5-6,14-15H2,1-4H3/t9-,10-/m0/s1. The molecule has 110 valence electrons. The molecule has 0 fully saturated rings. The van der Waals surface area contributed by atoms with Gasteiger partial charge in [0.25, 0.3) is 0 Å². The van der Waals surface area contributed by atoms with Gasteiger partial charge in [-0.2, -0.15) is 0 Å². The summed E-state index contributed by atoms with van der Waals surface area (Å²) in [4.78, 5) is 22.9. The van der Waals surface area contributed by atoms with Crippen LogP contribution in [0.3, 0.4) is 0 Å². The van der Waals surface area contributed by atoms with Crippen molar-refractivity contribution in [3.8, 4) is 0 Å². The van der Waals surface area contributed by atoms with Gasteiger partial charge in [0, 0.05) is 0 Å². The molecule has 2 atom stereocenters. The molecule has 0 amide bonds. The molecular formula is C12H25BN2O4. The third-order valence-corrected chi connectivity index (χ3v) is 2.46. The highest BCUT2D eigenvalue weighted by Crippen LogP contribution is 2.05. The first kappa shape index (κ1) is 17.9. The van der Waals surface area contributed by atoms with E-state index in [-0.39, 0.29) is 0 Å². The van der Waals surface area contributed by atoms with Crippen molar-refractivity contribution < 1.29 is 18.9 Å². The van der Waals surface area contributed by atoms with Gasteiger partial charge in [-0.25, -0.2) is 0 Å². The van der Waals surface area contributed by atoms with Gasteiger partial charge in [-0.05, 0) is 24.7 Å². The Balaban J connectivity index is 3.90. The summed E-state index contributed by atoms with van der Waals surface area (Å²) in [5, 5.41) is 0. The Labute approximate surface area is 115 Å². The number of carbonyl (C=O) groups excluding carboxylic acids is 2. The lowest BCUT2D eigenvalue weighted by Gasteiger charge is -2.15. The minimum Gasteiger partial charge on any atom is -0.501 e. The van der Waals surface area contributed by atoms with Crippen LogP contribution in [0.1, 0.15) is 40.5 Å². The fourth-order valence-corrected chi connectivity index (χ4v) is 1.57. The van der Waals surface area contributed by atoms with E-state index in [1.807, 2.05) is 27.7 Å². The van der Waals surface area contributed by atoms with Crippen molar-refractivity contribution in [3.05, 3.63) is 0 Å². The summed E-state index contributed by atoms with van der Waals surface area (Å²) in [7, 11) is -0.435. The molecule has 0 saturated carbocycles. The lowest BCUT2D eigenvalue weighted by Crippen LogP contribution is -2.37. The van der Waals surface area contributed by atoms with Crippen molar-refractivity contribution in [1.29, 1.82) is 0 Å². The molecule has 0 aliphatic rings. The summed E-state index contributed by atoms with van der Waals surface area (Å²) in [6.45, 7) is 7.83. The molecule has 0 spiro atoms. The molecule has 0 bridgehead atoms. The highest BCUT2D eigenvalue weighted by atomic mass is 16.6. The van der Waals surface area contributed by atoms with E-state index in [1.165, 1.54) is 0 Å². The second kappa shape index (κ2) is 8.93. The van der Waals surface area contributed by atoms with Gasteiger partial charge >= 0.3 is 19.6 Å². The maximum absolute atomic E-state index is 11.4. The molecule has 0 unspecified atom stereocenters. The monoisotopic (exact) mass is 272 g/mol. The van der Waals surface area contributed by atoms with E-state index < -0.39 is 31.7 Å². The van der Waals surface area contributed by atoms with E-state index in [9.17, 15) is 9.59 Å². The smallest absolute Gasteiger partial charge is 0.501 e. The molecule has 19 heavy (non-hydrogen) atoms. The van der Waals surface area contributed by atoms with E-state index in [0.29, 0.717) is 24.7 Å². The molecule has 4 N–H and O–H groups in total. The van der Waals surface area contributed by atoms with Crippen LogP contribution in [0.5, 0.6) is 0 Å². The Bertz CT molecular complexity index is 269. The summed E-state index contributed by atoms with van der Waals surface area (Å²) in [6.07, 6.45) is 1.05. The van der Waals surface area contributed by atoms with E-state index in [1.54, 1.807) is 0 Å². The van der Waals surface area contributed by atoms with Crippen LogP contribution in [0.25, 0.3) is 0 Å². The molecule has 0 aromatic carbocycles. The molecule has 6 nitrogen and oxygen atoms in total. The van der Waals surface area contributed by atoms with E-state index in [2.05, 4.69) is 0 Å². The average molecular weight is 272 g/mol. The van der Waals surface area contributed by atoms with Crippen LogP contribution in [0, 0.1) is 11.8 Å². The Hall–Kier alpha value is -1.08. The Morgan fingerprint density at radius 3 is 1.47 bits per heavy atom. The van der Waals surface area contributed by atoms with E-state index in [0.717, 1.165) is 0 Å². The number of carbonyl (C=O) groups is 2. The van der Waals surface area contributed by atoms with Crippen molar-refractivity contribution in [2.75, 3.05) is 0 Å². The largest absolute Gasteiger partial charge is 0.580 e. The van der Waals surface area contributed by atoms with Crippen molar-refractivity contribution in [1.82, 2.24) is 0 Å². The molecule has 7 heteroatoms. The fraction of sp³-hybridized carbons (Fsp3) is 0.833. The SMILES string of the molecule is CC(C)C[C@H](N)C(=O)OBOC(=O)[C@@H](N)CC(C)C. The summed E-state index contributed by atoms with van der Waals surface area (Å²) >= 11 is 0. The second-order valence-corrected chi connectivity index (χ2v) is 5.52. The van der Waals surface area contributed by atoms with Crippen molar-refractivity contribution in [2.45, 2.75) is 52.6 Å². The maximum Gasteiger partial charge on any atom is 0.580 e. The van der Waals surface area contributed by atoms with Crippen molar-refractivity contribution in [3.63, 3.8) is 0 Å². The van der Waals surface area contributed by atoms with Crippen LogP contribution in [0.15, 0.2) is 0 Å². The summed E-state index contributed by atoms with van der Waals surface area (Å²) < 4.78 is 9.54. The van der Waals surface area contributed by atoms with Gasteiger partial charge in [0.05, 0.1) is 0 Å². The first-order chi connectivity index (χ1) is 8.73. The summed E-state index contributed by atoms with van der Waals surface area (Å²) in [5.74, 6) is -0.549. The molecule has 0 rings (SSSR count). The minimum atomic E-state index is -0.692. The lowest BCUT2D eigenvalue weighted by molar-refractivity contribution is -0.141. The van der Waals surface area contributed by atoms with Gasteiger partial charge in [0.15, 0.2) is 0 Å². The van der Waals surface area contributed by atoms with E-state index in [4.69, 9.17) is 20.8 Å². The van der Waals surface area contributed by atoms with Crippen LogP contribution in [0.4, 0.5) is 0 Å². The predicted molar refractivity (Wildman–Crippen MR) is 74.2 cm³/mol. The zero-order chi connectivity index (χ0) is 15.0. The number of nitrogens with two attached hydrogens (primary N) is 2. The van der Waals surface area contributed by atoms with Crippen LogP contribution >= 0.6 is 0 Å². The first-order valence-electron chi connectivity index (χ1n) is 6.58. The topological polar surface area (TPSA) is 105 Å². The Morgan fingerprint density at radius 2 is 1.21 bits per heavy atom. The fourth-order valence-electron chi connectivity index (χ4n) is 1.57. The summed E-state index contributed by atoms with van der Waals surface area (Å²) in [5.41, 5.74) is 11.2. The predicted octanol–water partition coefficient (Wildman–Crippen LogP) is 0.0861. The van der Waals surface area contributed by atoms with Gasteiger partial charge in [-0.3, -0.25) is 9.59 Å². The van der Waals surface area contributed by atoms with Crippen LogP contribution in [-0.2, 0) is 18.9 Å². The van der Waals surface area contributed by atoms with Gasteiger partial charge in [-0.15, -0.1) is 0 Å². The quantitative estimate of drug-likeness (QED) is 0.606. The van der Waals surface area contributed by atoms with Gasteiger partial charge in [-0.1, -0.05) is 27.7 Å². The molecule has 0 heterocycles. The van der Waals surface area contributed by atoms with Crippen LogP contribution in [0.2, 0.25) is 0 Å². The van der Waals surface area contributed by atoms with E-state index >= 15 is 0 Å². The van der Waals surface area contributed by atoms with Crippen molar-refractivity contribution in [2.24, 2.45) is 23.3 Å². The average Bonchev–Trinajstić information content (AvgIpc) is 2.26. The third kappa shape index (κ3) is 8.61. The molecule has 0 radical (unpaired) electrons. The van der Waals surface area contributed by atoms with Crippen molar-refractivity contribution >= 4 is 19.6 Å². The number of hydrogen-bond acceptors (Lipinski definition) is 6. The number of hydrogen-bond donors (Lipinski definition) is 2.